The van der Waals surface area contributed by atoms with Crippen molar-refractivity contribution in [1.82, 2.24) is 4.90 Å². The maximum Gasteiger partial charge on any atom is 0.229 e. The molecule has 0 aromatic rings. The fraction of sp³-hybridized carbons (Fsp3) is 0.375. The average Bonchev–Trinajstić information content (AvgIpc) is 2.25. The van der Waals surface area contributed by atoms with E-state index in [2.05, 4.69) is 6.08 Å². The molecule has 1 saturated heterocycles. The lowest BCUT2D eigenvalue weighted by molar-refractivity contribution is -0.138. The lowest BCUT2D eigenvalue weighted by Gasteiger charge is -2.33. The van der Waals surface area contributed by atoms with Gasteiger partial charge in [-0.1, -0.05) is 6.08 Å². The summed E-state index contributed by atoms with van der Waals surface area (Å²) < 4.78 is 0. The topological polar surface area (TPSA) is 20.3 Å². The Labute approximate surface area is 59.8 Å². The highest BCUT2D eigenvalue weighted by Gasteiger charge is 2.39. The number of β-lactam (4-membered cyclic amide) rings is 1. The Morgan fingerprint density at radius 3 is 3.10 bits per heavy atom. The maximum absolute atomic E-state index is 10.8. The summed E-state index contributed by atoms with van der Waals surface area (Å²) in [5.74, 6) is 0.248. The number of hydrogen-bond acceptors (Lipinski definition) is 1. The van der Waals surface area contributed by atoms with Gasteiger partial charge in [-0.25, -0.2) is 0 Å². The Morgan fingerprint density at radius 1 is 1.80 bits per heavy atom. The first-order valence-corrected chi connectivity index (χ1v) is 3.48. The number of fused-ring (bicyclic) bond motifs is 1. The minimum absolute atomic E-state index is 0.248. The van der Waals surface area contributed by atoms with Gasteiger partial charge >= 0.3 is 0 Å². The van der Waals surface area contributed by atoms with Crippen molar-refractivity contribution in [3.05, 3.63) is 23.9 Å². The van der Waals surface area contributed by atoms with Crippen LogP contribution in [0.3, 0.4) is 0 Å². The van der Waals surface area contributed by atoms with Gasteiger partial charge in [0.1, 0.15) is 0 Å². The lowest BCUT2D eigenvalue weighted by Crippen LogP contribution is -2.46. The molecule has 2 rings (SSSR count). The van der Waals surface area contributed by atoms with Crippen LogP contribution in [0.5, 0.6) is 0 Å². The zero-order valence-corrected chi connectivity index (χ0v) is 5.87. The van der Waals surface area contributed by atoms with Gasteiger partial charge in [0.2, 0.25) is 5.91 Å². The second-order valence-corrected chi connectivity index (χ2v) is 2.63. The molecule has 2 heterocycles. The number of amides is 1. The zero-order chi connectivity index (χ0) is 7.14. The van der Waals surface area contributed by atoms with Crippen molar-refractivity contribution in [2.24, 2.45) is 0 Å². The molecular formula is C8H9NO. The summed E-state index contributed by atoms with van der Waals surface area (Å²) in [6.45, 7) is 2.01. The van der Waals surface area contributed by atoms with E-state index in [0.717, 1.165) is 0 Å². The molecule has 52 valence electrons. The van der Waals surface area contributed by atoms with Gasteiger partial charge in [0.05, 0.1) is 12.5 Å². The molecule has 1 amide bonds. The number of carbonyl (C=O) groups is 1. The molecule has 2 aliphatic heterocycles. The van der Waals surface area contributed by atoms with E-state index in [1.165, 1.54) is 5.57 Å². The normalized spacial score (nSPS) is 32.9. The van der Waals surface area contributed by atoms with E-state index in [-0.39, 0.29) is 5.91 Å². The van der Waals surface area contributed by atoms with Crippen LogP contribution in [0, 0.1) is 0 Å². The monoisotopic (exact) mass is 135 g/mol. The molecule has 0 radical (unpaired) electrons. The third kappa shape index (κ3) is 0.511. The fourth-order valence-electron chi connectivity index (χ4n) is 1.46. The van der Waals surface area contributed by atoms with Crippen LogP contribution in [-0.4, -0.2) is 16.8 Å². The number of rotatable bonds is 0. The van der Waals surface area contributed by atoms with Crippen LogP contribution in [0.2, 0.25) is 0 Å². The van der Waals surface area contributed by atoms with Gasteiger partial charge < -0.3 is 4.90 Å². The van der Waals surface area contributed by atoms with Crippen LogP contribution in [0.15, 0.2) is 23.9 Å². The summed E-state index contributed by atoms with van der Waals surface area (Å²) in [6, 6.07) is 0.387. The van der Waals surface area contributed by atoms with E-state index in [9.17, 15) is 4.79 Å². The van der Waals surface area contributed by atoms with E-state index >= 15 is 0 Å². The summed E-state index contributed by atoms with van der Waals surface area (Å²) in [7, 11) is 0. The maximum atomic E-state index is 10.8. The summed E-state index contributed by atoms with van der Waals surface area (Å²) >= 11 is 0. The van der Waals surface area contributed by atoms with Crippen molar-refractivity contribution in [3.63, 3.8) is 0 Å². The predicted octanol–water partition coefficient (Wildman–Crippen LogP) is 1.06. The molecule has 2 aliphatic rings. The van der Waals surface area contributed by atoms with Gasteiger partial charge in [0, 0.05) is 6.20 Å². The molecule has 1 fully saturated rings. The second kappa shape index (κ2) is 1.72. The minimum Gasteiger partial charge on any atom is -0.311 e. The molecule has 10 heavy (non-hydrogen) atoms. The first kappa shape index (κ1) is 5.71. The van der Waals surface area contributed by atoms with Crippen LogP contribution in [0.4, 0.5) is 0 Å². The fourth-order valence-corrected chi connectivity index (χ4v) is 1.46. The van der Waals surface area contributed by atoms with Crippen molar-refractivity contribution in [3.8, 4) is 0 Å². The van der Waals surface area contributed by atoms with Crippen LogP contribution >= 0.6 is 0 Å². The molecule has 1 atom stereocenters. The predicted molar refractivity (Wildman–Crippen MR) is 38.1 cm³/mol. The van der Waals surface area contributed by atoms with E-state index in [1.54, 1.807) is 4.90 Å². The molecule has 0 aromatic carbocycles. The Kier molecular flexibility index (Phi) is 0.982. The number of nitrogens with zero attached hydrogens (tertiary/aromatic N) is 1. The van der Waals surface area contributed by atoms with E-state index in [4.69, 9.17) is 0 Å². The van der Waals surface area contributed by atoms with Crippen molar-refractivity contribution < 1.29 is 4.79 Å². The van der Waals surface area contributed by atoms with Gasteiger partial charge in [-0.2, -0.15) is 0 Å². The standard InChI is InChI=1S/C8H9NO/c1-2-6-3-4-9-7(6)5-8(9)10/h2-4,7H,5H2,1H3/t7-/m0/s1. The molecule has 0 N–H and O–H groups in total. The van der Waals surface area contributed by atoms with Crippen molar-refractivity contribution >= 4 is 5.91 Å². The number of hydrogen-bond donors (Lipinski definition) is 0. The van der Waals surface area contributed by atoms with Crippen molar-refractivity contribution in [2.45, 2.75) is 19.4 Å². The highest BCUT2D eigenvalue weighted by Crippen LogP contribution is 2.31. The van der Waals surface area contributed by atoms with Gasteiger partial charge in [0.15, 0.2) is 0 Å². The smallest absolute Gasteiger partial charge is 0.229 e. The van der Waals surface area contributed by atoms with Crippen LogP contribution in [0.1, 0.15) is 13.3 Å². The number of allylic oxidation sites excluding steroid dienone is 1. The third-order valence-corrected chi connectivity index (χ3v) is 2.14. The van der Waals surface area contributed by atoms with Crippen LogP contribution in [-0.2, 0) is 4.79 Å². The molecule has 0 saturated carbocycles. The molecule has 0 aromatic heterocycles. The average molecular weight is 135 g/mol. The van der Waals surface area contributed by atoms with Gasteiger partial charge in [0.25, 0.3) is 0 Å². The molecular weight excluding hydrogens is 126 g/mol. The third-order valence-electron chi connectivity index (χ3n) is 2.14. The first-order valence-electron chi connectivity index (χ1n) is 3.48. The van der Waals surface area contributed by atoms with Gasteiger partial charge in [-0.15, -0.1) is 0 Å². The molecule has 2 nitrogen and oxygen atoms in total. The van der Waals surface area contributed by atoms with Crippen molar-refractivity contribution in [2.75, 3.05) is 0 Å². The van der Waals surface area contributed by atoms with Crippen LogP contribution in [0.25, 0.3) is 0 Å². The SMILES string of the molecule is CC=C1C=CN2C(=O)C[C@@H]12. The summed E-state index contributed by atoms with van der Waals surface area (Å²) in [4.78, 5) is 12.6. The largest absolute Gasteiger partial charge is 0.311 e. The molecule has 2 heteroatoms. The highest BCUT2D eigenvalue weighted by molar-refractivity contribution is 5.87. The zero-order valence-electron chi connectivity index (χ0n) is 5.87. The summed E-state index contributed by atoms with van der Waals surface area (Å²) in [5, 5.41) is 0. The van der Waals surface area contributed by atoms with Gasteiger partial charge in [-0.3, -0.25) is 4.79 Å². The van der Waals surface area contributed by atoms with Crippen molar-refractivity contribution in [1.29, 1.82) is 0 Å². The summed E-state index contributed by atoms with van der Waals surface area (Å²) in [5.41, 5.74) is 1.28. The van der Waals surface area contributed by atoms with Crippen LogP contribution < -0.4 is 0 Å². The second-order valence-electron chi connectivity index (χ2n) is 2.63. The van der Waals surface area contributed by atoms with E-state index < -0.39 is 0 Å². The Balaban J connectivity index is 2.25. The van der Waals surface area contributed by atoms with Gasteiger partial charge in [-0.05, 0) is 18.6 Å². The highest BCUT2D eigenvalue weighted by atomic mass is 16.2. The molecule has 0 aliphatic carbocycles. The number of carbonyl (C=O) groups excluding carboxylic acids is 1. The van der Waals surface area contributed by atoms with E-state index in [1.807, 2.05) is 19.2 Å². The Bertz CT molecular complexity index is 240. The minimum atomic E-state index is 0.248. The quantitative estimate of drug-likeness (QED) is 0.455. The molecule has 0 unspecified atom stereocenters. The Morgan fingerprint density at radius 2 is 2.60 bits per heavy atom. The molecule has 0 bridgehead atoms. The summed E-state index contributed by atoms with van der Waals surface area (Å²) in [6.07, 6.45) is 6.64. The van der Waals surface area contributed by atoms with E-state index in [0.29, 0.717) is 12.5 Å². The Hall–Kier alpha value is -1.05. The lowest BCUT2D eigenvalue weighted by atomic mass is 9.98. The first-order chi connectivity index (χ1) is 4.83. The molecule has 0 spiro atoms.